The van der Waals surface area contributed by atoms with Gasteiger partial charge < -0.3 is 9.88 Å². The van der Waals surface area contributed by atoms with E-state index in [1.54, 1.807) is 0 Å². The third-order valence-corrected chi connectivity index (χ3v) is 3.56. The smallest absolute Gasteiger partial charge is 0.207 e. The zero-order chi connectivity index (χ0) is 12.7. The van der Waals surface area contributed by atoms with Crippen molar-refractivity contribution in [3.63, 3.8) is 0 Å². The zero-order valence-electron chi connectivity index (χ0n) is 11.2. The third-order valence-electron chi connectivity index (χ3n) is 3.56. The highest BCUT2D eigenvalue weighted by molar-refractivity contribution is 5.56. The number of aromatic nitrogens is 2. The molecule has 1 aromatic carbocycles. The second-order valence-electron chi connectivity index (χ2n) is 5.27. The van der Waals surface area contributed by atoms with Gasteiger partial charge in [-0.15, -0.1) is 0 Å². The van der Waals surface area contributed by atoms with Crippen LogP contribution >= 0.6 is 0 Å². The number of benzene rings is 1. The van der Waals surface area contributed by atoms with Crippen LogP contribution in [0.1, 0.15) is 35.7 Å². The number of hydrogen-bond acceptors (Lipinski definition) is 2. The van der Waals surface area contributed by atoms with Crippen LogP contribution in [0.5, 0.6) is 0 Å². The minimum absolute atomic E-state index is 0.653. The Hall–Kier alpha value is -1.77. The van der Waals surface area contributed by atoms with E-state index in [4.69, 9.17) is 0 Å². The van der Waals surface area contributed by atoms with Gasteiger partial charge >= 0.3 is 0 Å². The molecular weight excluding hydrogens is 222 g/mol. The van der Waals surface area contributed by atoms with Crippen molar-refractivity contribution in [3.05, 3.63) is 41.2 Å². The second-order valence-corrected chi connectivity index (χ2v) is 5.27. The second kappa shape index (κ2) is 4.16. The Kier molecular flexibility index (Phi) is 2.62. The fourth-order valence-electron chi connectivity index (χ4n) is 2.19. The minimum atomic E-state index is 0.653. The van der Waals surface area contributed by atoms with Gasteiger partial charge in [0.25, 0.3) is 0 Å². The lowest BCUT2D eigenvalue weighted by atomic mass is 10.1. The van der Waals surface area contributed by atoms with Gasteiger partial charge in [0.05, 0.1) is 5.69 Å². The van der Waals surface area contributed by atoms with E-state index in [1.807, 2.05) is 6.92 Å². The molecule has 1 heterocycles. The Morgan fingerprint density at radius 3 is 2.61 bits per heavy atom. The van der Waals surface area contributed by atoms with E-state index in [0.29, 0.717) is 6.04 Å². The first-order valence-corrected chi connectivity index (χ1v) is 6.53. The van der Waals surface area contributed by atoms with E-state index in [1.165, 1.54) is 24.0 Å². The molecule has 3 rings (SSSR count). The average Bonchev–Trinajstić information content (AvgIpc) is 3.09. The largest absolute Gasteiger partial charge is 0.326 e. The van der Waals surface area contributed by atoms with E-state index in [9.17, 15) is 0 Å². The number of imidazole rings is 1. The van der Waals surface area contributed by atoms with Crippen molar-refractivity contribution in [2.75, 3.05) is 5.32 Å². The quantitative estimate of drug-likeness (QED) is 0.883. The summed E-state index contributed by atoms with van der Waals surface area (Å²) in [5.41, 5.74) is 4.82. The van der Waals surface area contributed by atoms with Gasteiger partial charge in [-0.05, 0) is 56.9 Å². The normalized spacial score (nSPS) is 14.8. The number of rotatable bonds is 3. The number of nitrogens with one attached hydrogen (secondary N) is 1. The van der Waals surface area contributed by atoms with Crippen molar-refractivity contribution in [3.8, 4) is 0 Å². The maximum Gasteiger partial charge on any atom is 0.207 e. The Bertz CT molecular complexity index is 579. The van der Waals surface area contributed by atoms with Gasteiger partial charge in [0.2, 0.25) is 5.95 Å². The van der Waals surface area contributed by atoms with Crippen molar-refractivity contribution in [1.82, 2.24) is 9.55 Å². The summed E-state index contributed by atoms with van der Waals surface area (Å²) >= 11 is 0. The topological polar surface area (TPSA) is 29.9 Å². The maximum atomic E-state index is 4.57. The summed E-state index contributed by atoms with van der Waals surface area (Å²) in [5, 5.41) is 3.43. The Labute approximate surface area is 108 Å². The summed E-state index contributed by atoms with van der Waals surface area (Å²) in [5.74, 6) is 0.971. The van der Waals surface area contributed by atoms with Crippen LogP contribution in [0.25, 0.3) is 0 Å². The molecule has 0 aliphatic heterocycles. The van der Waals surface area contributed by atoms with E-state index >= 15 is 0 Å². The van der Waals surface area contributed by atoms with Gasteiger partial charge in [-0.1, -0.05) is 6.07 Å². The van der Waals surface area contributed by atoms with Crippen molar-refractivity contribution in [2.45, 2.75) is 39.7 Å². The predicted octanol–water partition coefficient (Wildman–Crippen LogP) is 3.89. The summed E-state index contributed by atoms with van der Waals surface area (Å²) in [6.07, 6.45) is 4.69. The van der Waals surface area contributed by atoms with E-state index in [0.717, 1.165) is 17.3 Å². The van der Waals surface area contributed by atoms with E-state index < -0.39 is 0 Å². The molecule has 0 atom stereocenters. The Morgan fingerprint density at radius 1 is 1.17 bits per heavy atom. The molecule has 0 radical (unpaired) electrons. The zero-order valence-corrected chi connectivity index (χ0v) is 11.2. The van der Waals surface area contributed by atoms with Crippen LogP contribution in [0, 0.1) is 20.8 Å². The van der Waals surface area contributed by atoms with Gasteiger partial charge in [0.15, 0.2) is 0 Å². The fourth-order valence-corrected chi connectivity index (χ4v) is 2.19. The summed E-state index contributed by atoms with van der Waals surface area (Å²) < 4.78 is 2.27. The lowest BCUT2D eigenvalue weighted by molar-refractivity contribution is 0.750. The molecule has 1 aliphatic rings. The molecule has 0 unspecified atom stereocenters. The molecule has 1 aromatic heterocycles. The molecule has 0 amide bonds. The number of anilines is 2. The number of hydrogen-bond donors (Lipinski definition) is 1. The molecule has 1 saturated carbocycles. The highest BCUT2D eigenvalue weighted by Crippen LogP contribution is 2.37. The third kappa shape index (κ3) is 2.13. The van der Waals surface area contributed by atoms with E-state index in [-0.39, 0.29) is 0 Å². The van der Waals surface area contributed by atoms with Crippen molar-refractivity contribution in [2.24, 2.45) is 0 Å². The van der Waals surface area contributed by atoms with Crippen LogP contribution in [-0.4, -0.2) is 9.55 Å². The van der Waals surface area contributed by atoms with Gasteiger partial charge in [-0.2, -0.15) is 0 Å². The van der Waals surface area contributed by atoms with Crippen LogP contribution in [0.2, 0.25) is 0 Å². The summed E-state index contributed by atoms with van der Waals surface area (Å²) in [4.78, 5) is 4.57. The lowest BCUT2D eigenvalue weighted by Crippen LogP contribution is -2.01. The van der Waals surface area contributed by atoms with Crippen molar-refractivity contribution in [1.29, 1.82) is 0 Å². The monoisotopic (exact) mass is 241 g/mol. The highest BCUT2D eigenvalue weighted by Gasteiger charge is 2.26. The Balaban J connectivity index is 1.89. The molecule has 3 heteroatoms. The molecule has 0 saturated heterocycles. The molecule has 1 fully saturated rings. The van der Waals surface area contributed by atoms with Gasteiger partial charge in [-0.3, -0.25) is 0 Å². The first-order chi connectivity index (χ1) is 8.63. The molecule has 18 heavy (non-hydrogen) atoms. The van der Waals surface area contributed by atoms with Gasteiger partial charge in [0, 0.05) is 17.9 Å². The van der Waals surface area contributed by atoms with Crippen molar-refractivity contribution < 1.29 is 0 Å². The van der Waals surface area contributed by atoms with Crippen LogP contribution in [0.3, 0.4) is 0 Å². The molecule has 0 bridgehead atoms. The van der Waals surface area contributed by atoms with Crippen LogP contribution in [0.15, 0.2) is 24.4 Å². The molecule has 94 valence electrons. The summed E-state index contributed by atoms with van der Waals surface area (Å²) in [7, 11) is 0. The van der Waals surface area contributed by atoms with Gasteiger partial charge in [-0.25, -0.2) is 4.98 Å². The molecule has 1 aliphatic carbocycles. The molecule has 0 spiro atoms. The SMILES string of the molecule is Cc1cn(C2CC2)c(Nc2ccc(C)c(C)c2)n1. The molecule has 3 nitrogen and oxygen atoms in total. The molecule has 1 N–H and O–H groups in total. The number of nitrogens with zero attached hydrogens (tertiary/aromatic N) is 2. The maximum absolute atomic E-state index is 4.57. The fraction of sp³-hybridized carbons (Fsp3) is 0.400. The van der Waals surface area contributed by atoms with Crippen molar-refractivity contribution >= 4 is 11.6 Å². The highest BCUT2D eigenvalue weighted by atomic mass is 15.2. The first-order valence-electron chi connectivity index (χ1n) is 6.53. The summed E-state index contributed by atoms with van der Waals surface area (Å²) in [6, 6.07) is 7.09. The minimum Gasteiger partial charge on any atom is -0.326 e. The predicted molar refractivity (Wildman–Crippen MR) is 74.4 cm³/mol. The lowest BCUT2D eigenvalue weighted by Gasteiger charge is -2.10. The van der Waals surface area contributed by atoms with Gasteiger partial charge in [0.1, 0.15) is 0 Å². The number of aryl methyl sites for hydroxylation is 3. The van der Waals surface area contributed by atoms with Crippen LogP contribution in [-0.2, 0) is 0 Å². The van der Waals surface area contributed by atoms with E-state index in [2.05, 4.69) is 53.1 Å². The molecular formula is C15H19N3. The first kappa shape index (κ1) is 11.3. The summed E-state index contributed by atoms with van der Waals surface area (Å²) in [6.45, 7) is 6.32. The molecule has 2 aromatic rings. The van der Waals surface area contributed by atoms with Crippen LogP contribution in [0.4, 0.5) is 11.6 Å². The standard InChI is InChI=1S/C15H19N3/c1-10-4-5-13(8-11(10)2)17-15-16-12(3)9-18(15)14-6-7-14/h4-5,8-9,14H,6-7H2,1-3H3,(H,16,17). The van der Waals surface area contributed by atoms with Crippen LogP contribution < -0.4 is 5.32 Å². The Morgan fingerprint density at radius 2 is 1.94 bits per heavy atom. The average molecular weight is 241 g/mol.